The summed E-state index contributed by atoms with van der Waals surface area (Å²) in [5, 5.41) is 9.75. The van der Waals surface area contributed by atoms with Crippen LogP contribution in [0.15, 0.2) is 18.3 Å². The Balaban J connectivity index is 1.72. The summed E-state index contributed by atoms with van der Waals surface area (Å²) in [6.45, 7) is 4.45. The molecule has 1 aliphatic rings. The molecule has 0 bridgehead atoms. The van der Waals surface area contributed by atoms with Crippen molar-refractivity contribution in [2.45, 2.75) is 123 Å². The molecule has 4 heteroatoms. The van der Waals surface area contributed by atoms with Gasteiger partial charge in [0.05, 0.1) is 11.5 Å². The summed E-state index contributed by atoms with van der Waals surface area (Å²) in [6.07, 6.45) is 19.4. The molecule has 172 valence electrons. The van der Waals surface area contributed by atoms with Crippen molar-refractivity contribution in [2.24, 2.45) is 5.41 Å². The van der Waals surface area contributed by atoms with Crippen LogP contribution in [0.25, 0.3) is 0 Å². The number of hydrogen-bond acceptors (Lipinski definition) is 4. The Morgan fingerprint density at radius 3 is 2.26 bits per heavy atom. The SMILES string of the molecule is CCCCCCCc1ccc(C(=O)OC2CCC(C#N)(CCCCCCC)CC2)nc1. The summed E-state index contributed by atoms with van der Waals surface area (Å²) in [5.74, 6) is -0.330. The number of carbonyl (C=O) groups is 1. The third kappa shape index (κ3) is 9.01. The second-order valence-electron chi connectivity index (χ2n) is 9.38. The van der Waals surface area contributed by atoms with Crippen molar-refractivity contribution >= 4 is 5.97 Å². The Morgan fingerprint density at radius 1 is 1.03 bits per heavy atom. The van der Waals surface area contributed by atoms with Gasteiger partial charge in [0.15, 0.2) is 0 Å². The molecule has 1 aromatic heterocycles. The molecule has 0 unspecified atom stereocenters. The van der Waals surface area contributed by atoms with Crippen LogP contribution in [0.4, 0.5) is 0 Å². The monoisotopic (exact) mass is 426 g/mol. The number of nitrogens with zero attached hydrogens (tertiary/aromatic N) is 2. The molecule has 1 aliphatic carbocycles. The molecule has 0 aliphatic heterocycles. The van der Waals surface area contributed by atoms with E-state index in [2.05, 4.69) is 24.9 Å². The van der Waals surface area contributed by atoms with Gasteiger partial charge in [-0.05, 0) is 56.6 Å². The van der Waals surface area contributed by atoms with Crippen LogP contribution in [0, 0.1) is 16.7 Å². The van der Waals surface area contributed by atoms with Crippen molar-refractivity contribution in [1.29, 1.82) is 5.26 Å². The Kier molecular flexibility index (Phi) is 11.6. The maximum absolute atomic E-state index is 12.5. The maximum Gasteiger partial charge on any atom is 0.357 e. The van der Waals surface area contributed by atoms with Crippen molar-refractivity contribution in [1.82, 2.24) is 4.98 Å². The number of esters is 1. The van der Waals surface area contributed by atoms with E-state index >= 15 is 0 Å². The lowest BCUT2D eigenvalue weighted by Gasteiger charge is -2.34. The molecule has 0 saturated heterocycles. The van der Waals surface area contributed by atoms with Crippen molar-refractivity contribution in [3.8, 4) is 6.07 Å². The highest BCUT2D eigenvalue weighted by Crippen LogP contribution is 2.41. The first-order chi connectivity index (χ1) is 15.1. The van der Waals surface area contributed by atoms with E-state index in [4.69, 9.17) is 4.74 Å². The van der Waals surface area contributed by atoms with Gasteiger partial charge in [-0.3, -0.25) is 0 Å². The number of aryl methyl sites for hydroxylation is 1. The molecule has 0 radical (unpaired) electrons. The average Bonchev–Trinajstić information content (AvgIpc) is 2.80. The lowest BCUT2D eigenvalue weighted by molar-refractivity contribution is 0.00986. The molecule has 1 saturated carbocycles. The zero-order valence-electron chi connectivity index (χ0n) is 19.8. The van der Waals surface area contributed by atoms with E-state index in [1.165, 1.54) is 63.4 Å². The van der Waals surface area contributed by atoms with Gasteiger partial charge in [-0.2, -0.15) is 5.26 Å². The van der Waals surface area contributed by atoms with Gasteiger partial charge in [-0.1, -0.05) is 77.7 Å². The third-order valence-corrected chi connectivity index (χ3v) is 6.76. The first-order valence-corrected chi connectivity index (χ1v) is 12.7. The van der Waals surface area contributed by atoms with Gasteiger partial charge in [-0.25, -0.2) is 9.78 Å². The second kappa shape index (κ2) is 14.2. The average molecular weight is 427 g/mol. The molecule has 2 rings (SSSR count). The van der Waals surface area contributed by atoms with Crippen molar-refractivity contribution in [3.63, 3.8) is 0 Å². The summed E-state index contributed by atoms with van der Waals surface area (Å²) in [4.78, 5) is 16.9. The van der Waals surface area contributed by atoms with Crippen molar-refractivity contribution in [2.75, 3.05) is 0 Å². The number of hydrogen-bond donors (Lipinski definition) is 0. The number of rotatable bonds is 14. The first kappa shape index (κ1) is 25.4. The molecule has 31 heavy (non-hydrogen) atoms. The number of ether oxygens (including phenoxy) is 1. The Labute approximate surface area is 189 Å². The largest absolute Gasteiger partial charge is 0.458 e. The van der Waals surface area contributed by atoms with Gasteiger partial charge in [0.25, 0.3) is 0 Å². The van der Waals surface area contributed by atoms with E-state index in [9.17, 15) is 10.1 Å². The Bertz CT molecular complexity index is 669. The predicted molar refractivity (Wildman–Crippen MR) is 126 cm³/mol. The highest BCUT2D eigenvalue weighted by atomic mass is 16.5. The molecule has 1 fully saturated rings. The van der Waals surface area contributed by atoms with Gasteiger partial charge in [0.1, 0.15) is 11.8 Å². The predicted octanol–water partition coefficient (Wildman–Crippen LogP) is 7.56. The normalized spacial score (nSPS) is 20.9. The molecule has 0 aromatic carbocycles. The van der Waals surface area contributed by atoms with E-state index in [0.717, 1.165) is 44.9 Å². The van der Waals surface area contributed by atoms with Gasteiger partial charge in [-0.15, -0.1) is 0 Å². The molecule has 1 aromatic rings. The first-order valence-electron chi connectivity index (χ1n) is 12.7. The van der Waals surface area contributed by atoms with Crippen LogP contribution in [0.3, 0.4) is 0 Å². The Hall–Kier alpha value is -1.89. The standard InChI is InChI=1S/C27H42N2O2/c1-3-5-7-9-11-13-23-14-15-25(29-21-23)26(30)31-24-16-19-27(22-28,20-17-24)18-12-10-8-6-4-2/h14-15,21,24H,3-13,16-20H2,1-2H3. The molecule has 0 N–H and O–H groups in total. The molecular formula is C27H42N2O2. The Morgan fingerprint density at radius 2 is 1.68 bits per heavy atom. The summed E-state index contributed by atoms with van der Waals surface area (Å²) in [5.41, 5.74) is 1.36. The van der Waals surface area contributed by atoms with E-state index < -0.39 is 0 Å². The smallest absolute Gasteiger partial charge is 0.357 e. The molecule has 0 atom stereocenters. The lowest BCUT2D eigenvalue weighted by Crippen LogP contribution is -2.31. The minimum atomic E-state index is -0.330. The quantitative estimate of drug-likeness (QED) is 0.227. The summed E-state index contributed by atoms with van der Waals surface area (Å²) >= 11 is 0. The van der Waals surface area contributed by atoms with E-state index in [1.54, 1.807) is 6.07 Å². The highest BCUT2D eigenvalue weighted by molar-refractivity contribution is 5.87. The third-order valence-electron chi connectivity index (χ3n) is 6.76. The van der Waals surface area contributed by atoms with Gasteiger partial charge in [0.2, 0.25) is 0 Å². The minimum absolute atomic E-state index is 0.0888. The zero-order valence-corrected chi connectivity index (χ0v) is 19.8. The number of aromatic nitrogens is 1. The number of carbonyl (C=O) groups excluding carboxylic acids is 1. The van der Waals surface area contributed by atoms with E-state index in [0.29, 0.717) is 5.69 Å². The summed E-state index contributed by atoms with van der Waals surface area (Å²) in [6, 6.07) is 6.39. The second-order valence-corrected chi connectivity index (χ2v) is 9.38. The fourth-order valence-electron chi connectivity index (χ4n) is 4.58. The van der Waals surface area contributed by atoms with Crippen LogP contribution in [0.1, 0.15) is 126 Å². The number of pyridine rings is 1. The van der Waals surface area contributed by atoms with E-state index in [1.807, 2.05) is 12.3 Å². The fourth-order valence-corrected chi connectivity index (χ4v) is 4.58. The van der Waals surface area contributed by atoms with Gasteiger partial charge < -0.3 is 4.74 Å². The van der Waals surface area contributed by atoms with Crippen LogP contribution in [0.5, 0.6) is 0 Å². The maximum atomic E-state index is 12.5. The molecule has 0 spiro atoms. The lowest BCUT2D eigenvalue weighted by atomic mass is 9.71. The van der Waals surface area contributed by atoms with Crippen LogP contribution in [-0.2, 0) is 11.2 Å². The van der Waals surface area contributed by atoms with Crippen LogP contribution in [0.2, 0.25) is 0 Å². The summed E-state index contributed by atoms with van der Waals surface area (Å²) < 4.78 is 5.73. The molecule has 1 heterocycles. The summed E-state index contributed by atoms with van der Waals surface area (Å²) in [7, 11) is 0. The zero-order chi connectivity index (χ0) is 22.4. The van der Waals surface area contributed by atoms with Crippen molar-refractivity contribution in [3.05, 3.63) is 29.6 Å². The topological polar surface area (TPSA) is 63.0 Å². The van der Waals surface area contributed by atoms with Crippen molar-refractivity contribution < 1.29 is 9.53 Å². The fraction of sp³-hybridized carbons (Fsp3) is 0.741. The number of unbranched alkanes of at least 4 members (excludes halogenated alkanes) is 8. The number of nitriles is 1. The highest BCUT2D eigenvalue weighted by Gasteiger charge is 2.36. The van der Waals surface area contributed by atoms with Crippen LogP contribution >= 0.6 is 0 Å². The van der Waals surface area contributed by atoms with Gasteiger partial charge in [0, 0.05) is 6.20 Å². The van der Waals surface area contributed by atoms with E-state index in [-0.39, 0.29) is 17.5 Å². The molecule has 0 amide bonds. The van der Waals surface area contributed by atoms with Gasteiger partial charge >= 0.3 is 5.97 Å². The molecule has 4 nitrogen and oxygen atoms in total. The van der Waals surface area contributed by atoms with Crippen LogP contribution < -0.4 is 0 Å². The van der Waals surface area contributed by atoms with Crippen LogP contribution in [-0.4, -0.2) is 17.1 Å². The minimum Gasteiger partial charge on any atom is -0.458 e. The molecular weight excluding hydrogens is 384 g/mol.